The predicted molar refractivity (Wildman–Crippen MR) is 161 cm³/mol. The Morgan fingerprint density at radius 1 is 0.523 bits per heavy atom. The number of anilines is 2. The summed E-state index contributed by atoms with van der Waals surface area (Å²) < 4.78 is 28.0. The summed E-state index contributed by atoms with van der Waals surface area (Å²) in [6.45, 7) is 3.78. The first-order valence-electron chi connectivity index (χ1n) is 14.0. The topological polar surface area (TPSA) is 81.1 Å². The van der Waals surface area contributed by atoms with Crippen LogP contribution in [-0.4, -0.2) is 22.0 Å². The number of aryl methyl sites for hydroxylation is 2. The minimum atomic E-state index is -2.12. The molecule has 0 unspecified atom stereocenters. The Morgan fingerprint density at radius 3 is 1.16 bits per heavy atom. The van der Waals surface area contributed by atoms with Gasteiger partial charge in [-0.3, -0.25) is 19.4 Å². The Morgan fingerprint density at radius 2 is 0.841 bits per heavy atom. The van der Waals surface area contributed by atoms with E-state index in [1.54, 1.807) is 48.5 Å². The summed E-state index contributed by atoms with van der Waals surface area (Å²) in [7, 11) is 0. The van der Waals surface area contributed by atoms with Crippen LogP contribution < -0.4 is 9.80 Å². The maximum atomic E-state index is 14.3. The highest BCUT2D eigenvalue weighted by Crippen LogP contribution is 2.51. The normalized spacial score (nSPS) is 20.7. The highest BCUT2D eigenvalue weighted by Gasteiger charge is 2.56. The van der Waals surface area contributed by atoms with Gasteiger partial charge in [0.25, 0.3) is 11.8 Å². The number of nitrogens with zero attached hydrogens (tertiary/aromatic N) is 2. The van der Waals surface area contributed by atoms with Crippen molar-refractivity contribution in [2.45, 2.75) is 25.3 Å². The van der Waals surface area contributed by atoms with Crippen molar-refractivity contribution in [3.63, 3.8) is 0 Å². The van der Waals surface area contributed by atoms with E-state index in [1.165, 1.54) is 70.5 Å². The van der Waals surface area contributed by atoms with E-state index in [0.29, 0.717) is 11.4 Å². The minimum Gasteiger partial charge on any atom is -0.363 e. The molecule has 2 N–H and O–H groups in total. The fraction of sp³-hybridized carbons (Fsp3) is 0.111. The van der Waals surface area contributed by atoms with Crippen LogP contribution in [0.3, 0.4) is 0 Å². The number of hydrogen-bond donors (Lipinski definition) is 2. The zero-order valence-corrected chi connectivity index (χ0v) is 23.8. The van der Waals surface area contributed by atoms with Crippen molar-refractivity contribution in [2.75, 3.05) is 9.80 Å². The SMILES string of the molecule is Cc1ccc(N2C(=O)c3cc4c(cc3[C@]2(O)c2ccc(F)cc2)C(=O)N(c2ccc(C)cc2)[C@]4(O)c2ccc(F)cc2)cc1. The molecule has 7 rings (SSSR count). The molecule has 2 aliphatic rings. The lowest BCUT2D eigenvalue weighted by Crippen LogP contribution is -2.45. The zero-order chi connectivity index (χ0) is 31.0. The third-order valence-corrected chi connectivity index (χ3v) is 8.50. The van der Waals surface area contributed by atoms with Crippen molar-refractivity contribution in [2.24, 2.45) is 0 Å². The molecule has 218 valence electrons. The second-order valence-electron chi connectivity index (χ2n) is 11.3. The fourth-order valence-corrected chi connectivity index (χ4v) is 6.24. The molecule has 0 saturated heterocycles. The van der Waals surface area contributed by atoms with Crippen LogP contribution in [-0.2, 0) is 11.4 Å². The Labute approximate surface area is 252 Å². The number of aliphatic hydroxyl groups is 2. The molecule has 6 nitrogen and oxygen atoms in total. The van der Waals surface area contributed by atoms with Gasteiger partial charge in [0.2, 0.25) is 0 Å². The van der Waals surface area contributed by atoms with E-state index >= 15 is 0 Å². The Kier molecular flexibility index (Phi) is 6.07. The van der Waals surface area contributed by atoms with E-state index < -0.39 is 34.9 Å². The highest BCUT2D eigenvalue weighted by atomic mass is 19.1. The van der Waals surface area contributed by atoms with Crippen LogP contribution >= 0.6 is 0 Å². The third kappa shape index (κ3) is 3.85. The molecule has 0 fully saturated rings. The number of hydrogen-bond acceptors (Lipinski definition) is 4. The molecule has 0 aromatic heterocycles. The smallest absolute Gasteiger partial charge is 0.261 e. The molecule has 2 atom stereocenters. The molecule has 2 aliphatic heterocycles. The molecule has 5 aromatic carbocycles. The predicted octanol–water partition coefficient (Wildman–Crippen LogP) is 6.29. The van der Waals surface area contributed by atoms with Gasteiger partial charge >= 0.3 is 0 Å². The van der Waals surface area contributed by atoms with E-state index in [0.717, 1.165) is 11.1 Å². The summed E-state index contributed by atoms with van der Waals surface area (Å²) in [6.07, 6.45) is 0. The first-order valence-corrected chi connectivity index (χ1v) is 14.0. The average Bonchev–Trinajstić information content (AvgIpc) is 3.38. The van der Waals surface area contributed by atoms with Gasteiger partial charge in [-0.15, -0.1) is 0 Å². The molecule has 2 heterocycles. The first kappa shape index (κ1) is 27.6. The van der Waals surface area contributed by atoms with E-state index in [4.69, 9.17) is 0 Å². The molecule has 0 spiro atoms. The van der Waals surface area contributed by atoms with Gasteiger partial charge in [0.05, 0.1) is 0 Å². The minimum absolute atomic E-state index is 0.0512. The molecule has 0 radical (unpaired) electrons. The summed E-state index contributed by atoms with van der Waals surface area (Å²) in [4.78, 5) is 30.9. The molecule has 8 heteroatoms. The number of fused-ring (bicyclic) bond motifs is 2. The lowest BCUT2D eigenvalue weighted by Gasteiger charge is -2.35. The Hall–Kier alpha value is -5.18. The highest BCUT2D eigenvalue weighted by molar-refractivity contribution is 6.17. The van der Waals surface area contributed by atoms with Gasteiger partial charge in [0, 0.05) is 44.8 Å². The maximum Gasteiger partial charge on any atom is 0.261 e. The van der Waals surface area contributed by atoms with Crippen molar-refractivity contribution in [1.29, 1.82) is 0 Å². The number of halogens is 2. The van der Waals surface area contributed by atoms with E-state index in [1.807, 2.05) is 13.8 Å². The van der Waals surface area contributed by atoms with Crippen LogP contribution in [0.15, 0.2) is 109 Å². The summed E-state index contributed by atoms with van der Waals surface area (Å²) in [5, 5.41) is 25.0. The van der Waals surface area contributed by atoms with Crippen molar-refractivity contribution < 1.29 is 28.6 Å². The zero-order valence-electron chi connectivity index (χ0n) is 23.8. The number of carbonyl (C=O) groups excluding carboxylic acids is 2. The van der Waals surface area contributed by atoms with Crippen LogP contribution in [0, 0.1) is 25.5 Å². The molecular weight excluding hydrogens is 562 g/mol. The molecule has 44 heavy (non-hydrogen) atoms. The lowest BCUT2D eigenvalue weighted by molar-refractivity contribution is 0.0699. The average molecular weight is 589 g/mol. The van der Waals surface area contributed by atoms with Crippen molar-refractivity contribution in [3.05, 3.63) is 165 Å². The van der Waals surface area contributed by atoms with Crippen LogP contribution in [0.4, 0.5) is 20.2 Å². The molecule has 0 saturated carbocycles. The first-order chi connectivity index (χ1) is 21.0. The summed E-state index contributed by atoms with van der Waals surface area (Å²) >= 11 is 0. The Bertz CT molecular complexity index is 1810. The standard InChI is InChI=1S/C36H26F2N2O4/c1-21-3-15-27(16-4-21)39-33(41)29-19-32-30(20-31(29)35(39,43)23-7-11-25(37)12-8-23)34(42)40(28-17-5-22(2)6-18-28)36(32,44)24-9-13-26(38)14-10-24/h3-20,43-44H,1-2H3/t35-,36+. The monoisotopic (exact) mass is 588 g/mol. The van der Waals surface area contributed by atoms with Gasteiger partial charge in [-0.05, 0) is 74.5 Å². The molecule has 5 aromatic rings. The second kappa shape index (κ2) is 9.67. The largest absolute Gasteiger partial charge is 0.363 e. The summed E-state index contributed by atoms with van der Waals surface area (Å²) in [6, 6.07) is 27.1. The van der Waals surface area contributed by atoms with Crippen LogP contribution in [0.5, 0.6) is 0 Å². The number of carbonyl (C=O) groups is 2. The number of amides is 2. The third-order valence-electron chi connectivity index (χ3n) is 8.50. The summed E-state index contributed by atoms with van der Waals surface area (Å²) in [5.41, 5.74) is -0.862. The summed E-state index contributed by atoms with van der Waals surface area (Å²) in [5.74, 6) is -2.21. The molecule has 0 aliphatic carbocycles. The lowest BCUT2D eigenvalue weighted by atomic mass is 9.87. The Balaban J connectivity index is 1.50. The van der Waals surface area contributed by atoms with E-state index in [2.05, 4.69) is 0 Å². The van der Waals surface area contributed by atoms with Gasteiger partial charge in [-0.2, -0.15) is 0 Å². The molecule has 2 amide bonds. The number of rotatable bonds is 4. The van der Waals surface area contributed by atoms with E-state index in [-0.39, 0.29) is 33.4 Å². The molecular formula is C36H26F2N2O4. The van der Waals surface area contributed by atoms with E-state index in [9.17, 15) is 28.6 Å². The van der Waals surface area contributed by atoms with Crippen molar-refractivity contribution in [3.8, 4) is 0 Å². The van der Waals surface area contributed by atoms with Gasteiger partial charge in [-0.1, -0.05) is 59.7 Å². The maximum absolute atomic E-state index is 14.3. The van der Waals surface area contributed by atoms with Crippen LogP contribution in [0.1, 0.15) is 54.1 Å². The quantitative estimate of drug-likeness (QED) is 0.259. The van der Waals surface area contributed by atoms with Gasteiger partial charge in [-0.25, -0.2) is 8.78 Å². The fourth-order valence-electron chi connectivity index (χ4n) is 6.24. The second-order valence-corrected chi connectivity index (χ2v) is 11.3. The van der Waals surface area contributed by atoms with Gasteiger partial charge < -0.3 is 10.2 Å². The van der Waals surface area contributed by atoms with Crippen molar-refractivity contribution >= 4 is 23.2 Å². The van der Waals surface area contributed by atoms with Crippen LogP contribution in [0.25, 0.3) is 0 Å². The van der Waals surface area contributed by atoms with Crippen LogP contribution in [0.2, 0.25) is 0 Å². The number of benzene rings is 5. The van der Waals surface area contributed by atoms with Crippen molar-refractivity contribution in [1.82, 2.24) is 0 Å². The van der Waals surface area contributed by atoms with Gasteiger partial charge in [0.15, 0.2) is 11.4 Å². The van der Waals surface area contributed by atoms with Gasteiger partial charge in [0.1, 0.15) is 11.6 Å². The molecule has 0 bridgehead atoms.